The van der Waals surface area contributed by atoms with Crippen LogP contribution in [-0.2, 0) is 16.6 Å². The lowest BCUT2D eigenvalue weighted by molar-refractivity contribution is -0.116. The number of para-hydroxylation sites is 1. The van der Waals surface area contributed by atoms with Gasteiger partial charge < -0.3 is 15.5 Å². The summed E-state index contributed by atoms with van der Waals surface area (Å²) >= 11 is 0. The first-order valence-electron chi connectivity index (χ1n) is 12.7. The van der Waals surface area contributed by atoms with Gasteiger partial charge in [-0.2, -0.15) is 5.10 Å². The fraction of sp³-hybridized carbons (Fsp3) is 0.414. The van der Waals surface area contributed by atoms with Gasteiger partial charge in [-0.05, 0) is 49.1 Å². The molecule has 7 nitrogen and oxygen atoms in total. The van der Waals surface area contributed by atoms with Gasteiger partial charge in [0.05, 0.1) is 11.4 Å². The second-order valence-electron chi connectivity index (χ2n) is 10.2. The van der Waals surface area contributed by atoms with E-state index in [-0.39, 0.29) is 23.9 Å². The number of nitrogens with zero attached hydrogens (tertiary/aromatic N) is 3. The molecule has 1 heterocycles. The van der Waals surface area contributed by atoms with Crippen molar-refractivity contribution in [3.05, 3.63) is 71.4 Å². The van der Waals surface area contributed by atoms with Crippen LogP contribution in [0.25, 0.3) is 5.69 Å². The molecule has 192 valence electrons. The second-order valence-corrected chi connectivity index (χ2v) is 10.2. The normalized spacial score (nSPS) is 11.3. The lowest BCUT2D eigenvalue weighted by Crippen LogP contribution is -2.41. The summed E-state index contributed by atoms with van der Waals surface area (Å²) in [7, 11) is 0. The molecule has 0 bridgehead atoms. The quantitative estimate of drug-likeness (QED) is 0.369. The number of aryl methyl sites for hydroxylation is 2. The highest BCUT2D eigenvalue weighted by Crippen LogP contribution is 2.27. The van der Waals surface area contributed by atoms with Gasteiger partial charge in [0.15, 0.2) is 0 Å². The maximum Gasteiger partial charge on any atom is 0.322 e. The third-order valence-corrected chi connectivity index (χ3v) is 6.11. The Balaban J connectivity index is 1.80. The van der Waals surface area contributed by atoms with Crippen LogP contribution in [0.1, 0.15) is 64.3 Å². The molecule has 2 aromatic carbocycles. The number of nitrogens with one attached hydrogen (secondary N) is 2. The number of benzene rings is 2. The molecule has 0 aliphatic heterocycles. The zero-order valence-corrected chi connectivity index (χ0v) is 22.4. The summed E-state index contributed by atoms with van der Waals surface area (Å²) in [5.74, 6) is 0.322. The Hall–Kier alpha value is -3.61. The number of hydrogen-bond donors (Lipinski definition) is 2. The fourth-order valence-electron chi connectivity index (χ4n) is 3.80. The van der Waals surface area contributed by atoms with E-state index in [1.807, 2.05) is 61.5 Å². The molecular formula is C29H39N5O2. The van der Waals surface area contributed by atoms with Crippen molar-refractivity contribution < 1.29 is 9.59 Å². The number of hydrogen-bond acceptors (Lipinski definition) is 3. The molecule has 0 aliphatic rings. The Morgan fingerprint density at radius 1 is 1.00 bits per heavy atom. The summed E-state index contributed by atoms with van der Waals surface area (Å²) in [4.78, 5) is 27.8. The van der Waals surface area contributed by atoms with Gasteiger partial charge in [0.1, 0.15) is 12.4 Å². The molecular weight excluding hydrogens is 450 g/mol. The molecule has 2 N–H and O–H groups in total. The minimum atomic E-state index is -0.286. The molecule has 3 amide bonds. The predicted molar refractivity (Wildman–Crippen MR) is 147 cm³/mol. The van der Waals surface area contributed by atoms with E-state index in [1.165, 1.54) is 5.56 Å². The number of aromatic nitrogens is 2. The van der Waals surface area contributed by atoms with Crippen LogP contribution in [-0.4, -0.2) is 39.7 Å². The van der Waals surface area contributed by atoms with Crippen molar-refractivity contribution >= 4 is 23.4 Å². The van der Waals surface area contributed by atoms with Crippen LogP contribution in [0, 0.1) is 6.92 Å². The van der Waals surface area contributed by atoms with Gasteiger partial charge in [-0.15, -0.1) is 0 Å². The highest BCUT2D eigenvalue weighted by molar-refractivity contribution is 5.96. The van der Waals surface area contributed by atoms with E-state index in [0.717, 1.165) is 36.2 Å². The highest BCUT2D eigenvalue weighted by atomic mass is 16.2. The standard InChI is InChI=1S/C29H39N5O2/c1-7-9-18-33(28(36)30-23-16-14-22(8-2)15-17-23)20-27(35)31-26-19-25(29(4,5)6)32-34(26)24-13-11-10-12-21(24)3/h10-17,19H,7-9,18,20H2,1-6H3,(H,30,36)(H,31,35). The van der Waals surface area contributed by atoms with Crippen LogP contribution in [0.3, 0.4) is 0 Å². The van der Waals surface area contributed by atoms with E-state index in [1.54, 1.807) is 9.58 Å². The smallest absolute Gasteiger partial charge is 0.315 e. The number of carbonyl (C=O) groups excluding carboxylic acids is 2. The van der Waals surface area contributed by atoms with E-state index in [4.69, 9.17) is 5.10 Å². The van der Waals surface area contributed by atoms with Crippen LogP contribution in [0.15, 0.2) is 54.6 Å². The van der Waals surface area contributed by atoms with Gasteiger partial charge in [0.25, 0.3) is 0 Å². The van der Waals surface area contributed by atoms with Gasteiger partial charge in [-0.25, -0.2) is 9.48 Å². The number of anilines is 2. The molecule has 3 rings (SSSR count). The van der Waals surface area contributed by atoms with Crippen molar-refractivity contribution in [3.63, 3.8) is 0 Å². The Morgan fingerprint density at radius 3 is 2.31 bits per heavy atom. The molecule has 7 heteroatoms. The maximum atomic E-state index is 13.2. The third-order valence-electron chi connectivity index (χ3n) is 6.11. The minimum Gasteiger partial charge on any atom is -0.315 e. The molecule has 0 radical (unpaired) electrons. The van der Waals surface area contributed by atoms with E-state index in [2.05, 4.69) is 45.3 Å². The number of carbonyl (C=O) groups is 2. The van der Waals surface area contributed by atoms with E-state index in [9.17, 15) is 9.59 Å². The fourth-order valence-corrected chi connectivity index (χ4v) is 3.80. The number of rotatable bonds is 9. The number of unbranched alkanes of at least 4 members (excludes halogenated alkanes) is 1. The van der Waals surface area contributed by atoms with E-state index < -0.39 is 0 Å². The van der Waals surface area contributed by atoms with Crippen LogP contribution >= 0.6 is 0 Å². The number of urea groups is 1. The van der Waals surface area contributed by atoms with Gasteiger partial charge in [0, 0.05) is 23.7 Å². The van der Waals surface area contributed by atoms with Crippen molar-refractivity contribution in [1.29, 1.82) is 0 Å². The molecule has 0 fully saturated rings. The lowest BCUT2D eigenvalue weighted by atomic mass is 9.92. The summed E-state index contributed by atoms with van der Waals surface area (Å²) in [6.07, 6.45) is 2.67. The molecule has 0 atom stereocenters. The average molecular weight is 490 g/mol. The molecule has 1 aromatic heterocycles. The Kier molecular flexibility index (Phi) is 8.91. The average Bonchev–Trinajstić information content (AvgIpc) is 3.26. The van der Waals surface area contributed by atoms with Crippen molar-refractivity contribution in [3.8, 4) is 5.69 Å². The Morgan fingerprint density at radius 2 is 1.69 bits per heavy atom. The summed E-state index contributed by atoms with van der Waals surface area (Å²) in [5, 5.41) is 10.7. The third kappa shape index (κ3) is 6.97. The molecule has 3 aromatic rings. The number of amides is 3. The van der Waals surface area contributed by atoms with Crippen LogP contribution in [0.4, 0.5) is 16.3 Å². The van der Waals surface area contributed by atoms with Gasteiger partial charge in [0.2, 0.25) is 5.91 Å². The first-order chi connectivity index (χ1) is 17.1. The first-order valence-corrected chi connectivity index (χ1v) is 12.7. The first kappa shape index (κ1) is 27.0. The SMILES string of the molecule is CCCCN(CC(=O)Nc1cc(C(C)(C)C)nn1-c1ccccc1C)C(=O)Nc1ccc(CC)cc1. The lowest BCUT2D eigenvalue weighted by Gasteiger charge is -2.22. The van der Waals surface area contributed by atoms with Crippen LogP contribution < -0.4 is 10.6 Å². The maximum absolute atomic E-state index is 13.2. The zero-order valence-electron chi connectivity index (χ0n) is 22.4. The highest BCUT2D eigenvalue weighted by Gasteiger charge is 2.23. The summed E-state index contributed by atoms with van der Waals surface area (Å²) in [6, 6.07) is 17.3. The largest absolute Gasteiger partial charge is 0.322 e. The van der Waals surface area contributed by atoms with E-state index in [0.29, 0.717) is 18.1 Å². The monoisotopic (exact) mass is 489 g/mol. The summed E-state index contributed by atoms with van der Waals surface area (Å²) in [6.45, 7) is 12.9. The van der Waals surface area contributed by atoms with Gasteiger partial charge >= 0.3 is 6.03 Å². The van der Waals surface area contributed by atoms with Gasteiger partial charge in [-0.1, -0.05) is 71.4 Å². The molecule has 0 saturated carbocycles. The van der Waals surface area contributed by atoms with Crippen molar-refractivity contribution in [1.82, 2.24) is 14.7 Å². The minimum absolute atomic E-state index is 0.0529. The predicted octanol–water partition coefficient (Wildman–Crippen LogP) is 6.31. The summed E-state index contributed by atoms with van der Waals surface area (Å²) < 4.78 is 1.78. The Bertz CT molecular complexity index is 1180. The molecule has 36 heavy (non-hydrogen) atoms. The zero-order chi connectivity index (χ0) is 26.3. The summed E-state index contributed by atoms with van der Waals surface area (Å²) in [5.41, 5.74) is 4.56. The molecule has 0 spiro atoms. The topological polar surface area (TPSA) is 79.3 Å². The van der Waals surface area contributed by atoms with Crippen LogP contribution in [0.5, 0.6) is 0 Å². The molecule has 0 aliphatic carbocycles. The van der Waals surface area contributed by atoms with Crippen molar-refractivity contribution in [2.45, 2.75) is 66.2 Å². The van der Waals surface area contributed by atoms with E-state index >= 15 is 0 Å². The van der Waals surface area contributed by atoms with Crippen molar-refractivity contribution in [2.24, 2.45) is 0 Å². The molecule has 0 saturated heterocycles. The second kappa shape index (κ2) is 11.9. The molecule has 0 unspecified atom stereocenters. The van der Waals surface area contributed by atoms with Crippen LogP contribution in [0.2, 0.25) is 0 Å². The van der Waals surface area contributed by atoms with Crippen molar-refractivity contribution in [2.75, 3.05) is 23.7 Å². The van der Waals surface area contributed by atoms with Gasteiger partial charge in [-0.3, -0.25) is 4.79 Å². The Labute approximate surface area is 214 Å².